The Morgan fingerprint density at radius 3 is 2.38 bits per heavy atom. The first kappa shape index (κ1) is 25.3. The van der Waals surface area contributed by atoms with Crippen molar-refractivity contribution in [2.24, 2.45) is 0 Å². The van der Waals surface area contributed by atoms with Gasteiger partial charge in [0.05, 0.1) is 11.1 Å². The predicted molar refractivity (Wildman–Crippen MR) is 114 cm³/mol. The van der Waals surface area contributed by atoms with Gasteiger partial charge >= 0.3 is 12.4 Å². The molecule has 0 spiro atoms. The summed E-state index contributed by atoms with van der Waals surface area (Å²) in [6.07, 6.45) is -10.7. The highest BCUT2D eigenvalue weighted by Gasteiger charge is 2.41. The third kappa shape index (κ3) is 4.93. The molecular formula is C22H16ClF6N3O2. The molecule has 4 rings (SSSR count). The van der Waals surface area contributed by atoms with Crippen molar-refractivity contribution >= 4 is 23.3 Å². The average Bonchev–Trinajstić information content (AvgIpc) is 3.23. The Hall–Kier alpha value is -3.34. The van der Waals surface area contributed by atoms with Gasteiger partial charge in [-0.2, -0.15) is 31.3 Å². The fraction of sp³-hybridized carbons (Fsp3) is 0.227. The highest BCUT2D eigenvalue weighted by Crippen LogP contribution is 2.40. The highest BCUT2D eigenvalue weighted by atomic mass is 35.5. The lowest BCUT2D eigenvalue weighted by Crippen LogP contribution is -2.31. The van der Waals surface area contributed by atoms with Gasteiger partial charge in [-0.1, -0.05) is 23.4 Å². The summed E-state index contributed by atoms with van der Waals surface area (Å²) >= 11 is 0. The smallest absolute Gasteiger partial charge is 0.425 e. The fourth-order valence-corrected chi connectivity index (χ4v) is 3.20. The van der Waals surface area contributed by atoms with Crippen molar-refractivity contribution in [2.45, 2.75) is 32.3 Å². The van der Waals surface area contributed by atoms with Crippen molar-refractivity contribution < 1.29 is 35.6 Å². The number of aromatic nitrogens is 3. The zero-order valence-corrected chi connectivity index (χ0v) is 18.3. The minimum atomic E-state index is -4.97. The molecule has 0 amide bonds. The molecule has 0 aliphatic heterocycles. The summed E-state index contributed by atoms with van der Waals surface area (Å²) in [6, 6.07) is 9.89. The second-order valence-corrected chi connectivity index (χ2v) is 7.25. The normalized spacial score (nSPS) is 12.9. The Labute approximate surface area is 195 Å². The molecule has 0 saturated carbocycles. The molecule has 0 aliphatic carbocycles. The van der Waals surface area contributed by atoms with E-state index in [0.29, 0.717) is 18.6 Å². The molecule has 5 nitrogen and oxygen atoms in total. The lowest BCUT2D eigenvalue weighted by molar-refractivity contribution is -0.191. The summed E-state index contributed by atoms with van der Waals surface area (Å²) in [5, 5.41) is 4.69. The van der Waals surface area contributed by atoms with Gasteiger partial charge in [-0.25, -0.2) is 0 Å². The van der Waals surface area contributed by atoms with Crippen LogP contribution in [-0.2, 0) is 6.18 Å². The van der Waals surface area contributed by atoms with Crippen LogP contribution in [-0.4, -0.2) is 27.4 Å². The molecule has 0 radical (unpaired) electrons. The summed E-state index contributed by atoms with van der Waals surface area (Å²) in [4.78, 5) is 8.49. The van der Waals surface area contributed by atoms with Crippen LogP contribution in [0.25, 0.3) is 33.7 Å². The van der Waals surface area contributed by atoms with E-state index in [9.17, 15) is 26.3 Å². The topological polar surface area (TPSA) is 61.0 Å². The number of hydrogen-bond acceptors (Lipinski definition) is 5. The van der Waals surface area contributed by atoms with Crippen molar-refractivity contribution in [3.05, 3.63) is 59.8 Å². The second kappa shape index (κ2) is 9.13. The Balaban J connectivity index is 0.00000324. The van der Waals surface area contributed by atoms with Gasteiger partial charge < -0.3 is 9.26 Å². The molecule has 180 valence electrons. The van der Waals surface area contributed by atoms with Gasteiger partial charge in [0, 0.05) is 22.7 Å². The maximum absolute atomic E-state index is 13.5. The molecule has 34 heavy (non-hydrogen) atoms. The van der Waals surface area contributed by atoms with E-state index < -0.39 is 29.8 Å². The van der Waals surface area contributed by atoms with Gasteiger partial charge in [-0.3, -0.25) is 4.98 Å². The maximum Gasteiger partial charge on any atom is 0.425 e. The third-order valence-corrected chi connectivity index (χ3v) is 5.01. The molecule has 0 bridgehead atoms. The number of para-hydroxylation sites is 1. The standard InChI is InChI=1S/C22H15F6N3O2.ClH/c1-11-14-5-3-4-6-17(14)29-10-15(11)19-30-20(33-31-19)13-7-8-18(16(9-13)22(26,27)28)32-12(2)21(23,24)25;/h3-10,12H,1-2H3;1H. The molecule has 2 heterocycles. The van der Waals surface area contributed by atoms with E-state index in [-0.39, 0.29) is 29.7 Å². The summed E-state index contributed by atoms with van der Waals surface area (Å²) in [6.45, 7) is 2.45. The number of nitrogens with zero attached hydrogens (tertiary/aromatic N) is 3. The minimum Gasteiger partial charge on any atom is -0.481 e. The predicted octanol–water partition coefficient (Wildman–Crippen LogP) is 7.03. The van der Waals surface area contributed by atoms with E-state index >= 15 is 0 Å². The number of hydrogen-bond donors (Lipinski definition) is 0. The molecular weight excluding hydrogens is 488 g/mol. The van der Waals surface area contributed by atoms with Gasteiger partial charge in [-0.15, -0.1) is 12.4 Å². The minimum absolute atomic E-state index is 0. The molecule has 1 atom stereocenters. The first-order valence-electron chi connectivity index (χ1n) is 9.58. The van der Waals surface area contributed by atoms with Crippen LogP contribution in [0.2, 0.25) is 0 Å². The largest absolute Gasteiger partial charge is 0.481 e. The summed E-state index contributed by atoms with van der Waals surface area (Å²) in [7, 11) is 0. The van der Waals surface area contributed by atoms with Crippen LogP contribution >= 0.6 is 12.4 Å². The van der Waals surface area contributed by atoms with Crippen LogP contribution in [0.4, 0.5) is 26.3 Å². The molecule has 0 fully saturated rings. The number of ether oxygens (including phenoxy) is 1. The van der Waals surface area contributed by atoms with Crippen molar-refractivity contribution in [1.29, 1.82) is 0 Å². The quantitative estimate of drug-likeness (QED) is 0.280. The van der Waals surface area contributed by atoms with Gasteiger partial charge in [-0.05, 0) is 43.7 Å². The monoisotopic (exact) mass is 503 g/mol. The van der Waals surface area contributed by atoms with Crippen molar-refractivity contribution in [1.82, 2.24) is 15.1 Å². The van der Waals surface area contributed by atoms with Crippen LogP contribution < -0.4 is 4.74 Å². The number of benzene rings is 2. The lowest BCUT2D eigenvalue weighted by Gasteiger charge is -2.20. The molecule has 2 aromatic heterocycles. The van der Waals surface area contributed by atoms with Gasteiger partial charge in [0.1, 0.15) is 5.75 Å². The third-order valence-electron chi connectivity index (χ3n) is 5.01. The SMILES string of the molecule is Cc1c(-c2noc(-c3ccc(OC(C)C(F)(F)F)c(C(F)(F)F)c3)n2)cnc2ccccc12.Cl. The molecule has 1 unspecified atom stereocenters. The Morgan fingerprint density at radius 1 is 1.00 bits per heavy atom. The van der Waals surface area contributed by atoms with E-state index in [4.69, 9.17) is 4.52 Å². The van der Waals surface area contributed by atoms with Crippen LogP contribution in [0.15, 0.2) is 53.2 Å². The van der Waals surface area contributed by atoms with Crippen LogP contribution in [0.3, 0.4) is 0 Å². The van der Waals surface area contributed by atoms with Crippen molar-refractivity contribution in [3.63, 3.8) is 0 Å². The van der Waals surface area contributed by atoms with E-state index in [1.165, 1.54) is 6.20 Å². The second-order valence-electron chi connectivity index (χ2n) is 7.25. The molecule has 0 N–H and O–H groups in total. The number of aryl methyl sites for hydroxylation is 1. The fourth-order valence-electron chi connectivity index (χ4n) is 3.20. The van der Waals surface area contributed by atoms with Crippen molar-refractivity contribution in [2.75, 3.05) is 0 Å². The molecule has 0 aliphatic rings. The van der Waals surface area contributed by atoms with Crippen LogP contribution in [0.1, 0.15) is 18.1 Å². The van der Waals surface area contributed by atoms with Crippen molar-refractivity contribution in [3.8, 4) is 28.6 Å². The molecule has 2 aromatic carbocycles. The Morgan fingerprint density at radius 2 is 1.71 bits per heavy atom. The summed E-state index contributed by atoms with van der Waals surface area (Å²) < 4.78 is 88.5. The van der Waals surface area contributed by atoms with E-state index in [2.05, 4.69) is 19.9 Å². The average molecular weight is 504 g/mol. The van der Waals surface area contributed by atoms with Crippen LogP contribution in [0, 0.1) is 6.92 Å². The van der Waals surface area contributed by atoms with E-state index in [1.54, 1.807) is 0 Å². The lowest BCUT2D eigenvalue weighted by atomic mass is 10.0. The zero-order valence-electron chi connectivity index (χ0n) is 17.5. The van der Waals surface area contributed by atoms with Gasteiger partial charge in [0.2, 0.25) is 5.82 Å². The Kier molecular flexibility index (Phi) is 6.79. The first-order chi connectivity index (χ1) is 15.4. The van der Waals surface area contributed by atoms with E-state index in [1.807, 2.05) is 31.2 Å². The molecule has 12 heteroatoms. The number of fused-ring (bicyclic) bond motifs is 1. The summed E-state index contributed by atoms with van der Waals surface area (Å²) in [5.41, 5.74) is 0.562. The highest BCUT2D eigenvalue weighted by molar-refractivity contribution is 5.87. The molecule has 0 saturated heterocycles. The van der Waals surface area contributed by atoms with Crippen LogP contribution in [0.5, 0.6) is 5.75 Å². The number of halogens is 7. The number of rotatable bonds is 4. The first-order valence-corrected chi connectivity index (χ1v) is 9.58. The maximum atomic E-state index is 13.5. The number of alkyl halides is 6. The zero-order chi connectivity index (χ0) is 24.0. The van der Waals surface area contributed by atoms with Gasteiger partial charge in [0.25, 0.3) is 5.89 Å². The van der Waals surface area contributed by atoms with E-state index in [0.717, 1.165) is 28.6 Å². The van der Waals surface area contributed by atoms with Gasteiger partial charge in [0.15, 0.2) is 6.10 Å². The number of pyridine rings is 1. The Bertz CT molecular complexity index is 1320. The summed E-state index contributed by atoms with van der Waals surface area (Å²) in [5.74, 6) is -1.08. The molecule has 4 aromatic rings.